The molecule has 1 unspecified atom stereocenters. The number of carbonyl (C=O) groups excluding carboxylic acids is 1. The van der Waals surface area contributed by atoms with E-state index >= 15 is 0 Å². The lowest BCUT2D eigenvalue weighted by Gasteiger charge is -2.22. The molecule has 1 atom stereocenters. The van der Waals surface area contributed by atoms with Crippen LogP contribution in [0, 0.1) is 5.92 Å². The predicted molar refractivity (Wildman–Crippen MR) is 80.8 cm³/mol. The summed E-state index contributed by atoms with van der Waals surface area (Å²) in [5.74, 6) is 0.900. The van der Waals surface area contributed by atoms with E-state index in [0.29, 0.717) is 0 Å². The number of ketones is 1. The molecule has 20 heavy (non-hydrogen) atoms. The van der Waals surface area contributed by atoms with E-state index in [4.69, 9.17) is 4.74 Å². The Hall–Kier alpha value is -2.35. The monoisotopic (exact) mass is 264 g/mol. The first-order valence-corrected chi connectivity index (χ1v) is 6.70. The Kier molecular flexibility index (Phi) is 3.15. The van der Waals surface area contributed by atoms with Gasteiger partial charge in [-0.1, -0.05) is 43.3 Å². The summed E-state index contributed by atoms with van der Waals surface area (Å²) < 4.78 is 5.17. The van der Waals surface area contributed by atoms with Gasteiger partial charge in [0, 0.05) is 11.5 Å². The highest BCUT2D eigenvalue weighted by atomic mass is 16.5. The van der Waals surface area contributed by atoms with Gasteiger partial charge >= 0.3 is 0 Å². The lowest BCUT2D eigenvalue weighted by Crippen LogP contribution is -2.18. The van der Waals surface area contributed by atoms with Crippen LogP contribution in [0.15, 0.2) is 48.5 Å². The second kappa shape index (κ2) is 4.97. The Balaban J connectivity index is 2.09. The number of hydrogen-bond donors (Lipinski definition) is 0. The number of rotatable bonds is 2. The molecule has 0 spiro atoms. The molecule has 0 fully saturated rings. The molecule has 2 heteroatoms. The van der Waals surface area contributed by atoms with Gasteiger partial charge < -0.3 is 4.74 Å². The first-order valence-electron chi connectivity index (χ1n) is 6.70. The van der Waals surface area contributed by atoms with E-state index < -0.39 is 0 Å². The third kappa shape index (κ3) is 2.03. The molecule has 1 aliphatic carbocycles. The fourth-order valence-corrected chi connectivity index (χ4v) is 2.63. The number of ether oxygens (including phenoxy) is 1. The summed E-state index contributed by atoms with van der Waals surface area (Å²) in [4.78, 5) is 12.5. The van der Waals surface area contributed by atoms with E-state index in [9.17, 15) is 4.79 Å². The molecular weight excluding hydrogens is 248 g/mol. The van der Waals surface area contributed by atoms with Gasteiger partial charge in [0.15, 0.2) is 5.78 Å². The average Bonchev–Trinajstić information content (AvgIpc) is 2.51. The number of fused-ring (bicyclic) bond motifs is 1. The van der Waals surface area contributed by atoms with Gasteiger partial charge in [0.25, 0.3) is 0 Å². The molecule has 0 heterocycles. The van der Waals surface area contributed by atoms with Gasteiger partial charge in [0.1, 0.15) is 5.75 Å². The molecular formula is C18H16O2. The minimum atomic E-state index is -0.113. The summed E-state index contributed by atoms with van der Waals surface area (Å²) >= 11 is 0. The molecule has 0 saturated heterocycles. The summed E-state index contributed by atoms with van der Waals surface area (Å²) in [7, 11) is 1.65. The zero-order valence-corrected chi connectivity index (χ0v) is 11.6. The van der Waals surface area contributed by atoms with Crippen molar-refractivity contribution in [2.45, 2.75) is 6.92 Å². The van der Waals surface area contributed by atoms with Crippen LogP contribution >= 0.6 is 0 Å². The summed E-state index contributed by atoms with van der Waals surface area (Å²) in [5, 5.41) is 0. The SMILES string of the molecule is COc1ccc(C2=Cc3ccccc3C(=O)C2C)cc1. The molecule has 100 valence electrons. The molecule has 3 rings (SSSR count). The summed E-state index contributed by atoms with van der Waals surface area (Å²) in [5.41, 5.74) is 3.95. The van der Waals surface area contributed by atoms with Crippen LogP contribution in [0.1, 0.15) is 28.4 Å². The third-order valence-corrected chi connectivity index (χ3v) is 3.82. The summed E-state index contributed by atoms with van der Waals surface area (Å²) in [6.45, 7) is 1.97. The van der Waals surface area contributed by atoms with Crippen molar-refractivity contribution in [2.75, 3.05) is 7.11 Å². The predicted octanol–water partition coefficient (Wildman–Crippen LogP) is 4.07. The second-order valence-electron chi connectivity index (χ2n) is 5.00. The third-order valence-electron chi connectivity index (χ3n) is 3.82. The topological polar surface area (TPSA) is 26.3 Å². The van der Waals surface area contributed by atoms with E-state index in [0.717, 1.165) is 28.0 Å². The van der Waals surface area contributed by atoms with E-state index in [1.54, 1.807) is 7.11 Å². The molecule has 0 aromatic heterocycles. The maximum Gasteiger partial charge on any atom is 0.170 e. The molecule has 2 aromatic rings. The van der Waals surface area contributed by atoms with E-state index in [1.807, 2.05) is 55.5 Å². The van der Waals surface area contributed by atoms with Crippen molar-refractivity contribution in [3.8, 4) is 5.75 Å². The number of carbonyl (C=O) groups is 1. The summed E-state index contributed by atoms with van der Waals surface area (Å²) in [6, 6.07) is 15.6. The van der Waals surface area contributed by atoms with Crippen LogP contribution in [0.3, 0.4) is 0 Å². The molecule has 0 bridgehead atoms. The maximum absolute atomic E-state index is 12.5. The largest absolute Gasteiger partial charge is 0.497 e. The fourth-order valence-electron chi connectivity index (χ4n) is 2.63. The van der Waals surface area contributed by atoms with E-state index in [1.165, 1.54) is 0 Å². The lowest BCUT2D eigenvalue weighted by atomic mass is 9.80. The fraction of sp³-hybridized carbons (Fsp3) is 0.167. The van der Waals surface area contributed by atoms with Gasteiger partial charge in [0.05, 0.1) is 7.11 Å². The zero-order valence-electron chi connectivity index (χ0n) is 11.6. The molecule has 0 saturated carbocycles. The number of benzene rings is 2. The van der Waals surface area contributed by atoms with Crippen molar-refractivity contribution < 1.29 is 9.53 Å². The van der Waals surface area contributed by atoms with Gasteiger partial charge in [-0.25, -0.2) is 0 Å². The molecule has 1 aliphatic rings. The van der Waals surface area contributed by atoms with Crippen LogP contribution in [0.4, 0.5) is 0 Å². The molecule has 0 radical (unpaired) electrons. The first kappa shape index (κ1) is 12.7. The average molecular weight is 264 g/mol. The van der Waals surface area contributed by atoms with Crippen molar-refractivity contribution in [1.29, 1.82) is 0 Å². The van der Waals surface area contributed by atoms with Crippen LogP contribution in [0.2, 0.25) is 0 Å². The molecule has 0 N–H and O–H groups in total. The highest BCUT2D eigenvalue weighted by Gasteiger charge is 2.26. The highest BCUT2D eigenvalue weighted by molar-refractivity contribution is 6.12. The van der Waals surface area contributed by atoms with Crippen LogP contribution in [0.5, 0.6) is 5.75 Å². The molecule has 0 amide bonds. The Morgan fingerprint density at radius 1 is 1.00 bits per heavy atom. The van der Waals surface area contributed by atoms with Crippen LogP contribution in [-0.2, 0) is 0 Å². The number of methoxy groups -OCH3 is 1. The first-order chi connectivity index (χ1) is 9.70. The van der Waals surface area contributed by atoms with E-state index in [2.05, 4.69) is 6.08 Å². The van der Waals surface area contributed by atoms with Crippen molar-refractivity contribution >= 4 is 17.4 Å². The van der Waals surface area contributed by atoms with Crippen molar-refractivity contribution in [3.05, 3.63) is 65.2 Å². The van der Waals surface area contributed by atoms with Gasteiger partial charge in [-0.05, 0) is 34.9 Å². The Morgan fingerprint density at radius 2 is 1.70 bits per heavy atom. The Bertz CT molecular complexity index is 681. The van der Waals surface area contributed by atoms with Gasteiger partial charge in [-0.3, -0.25) is 4.79 Å². The van der Waals surface area contributed by atoms with Crippen LogP contribution in [0.25, 0.3) is 11.6 Å². The Morgan fingerprint density at radius 3 is 2.40 bits per heavy atom. The van der Waals surface area contributed by atoms with Crippen molar-refractivity contribution in [3.63, 3.8) is 0 Å². The highest BCUT2D eigenvalue weighted by Crippen LogP contribution is 2.35. The smallest absolute Gasteiger partial charge is 0.170 e. The maximum atomic E-state index is 12.5. The van der Waals surface area contributed by atoms with Crippen molar-refractivity contribution in [1.82, 2.24) is 0 Å². The van der Waals surface area contributed by atoms with Crippen LogP contribution < -0.4 is 4.74 Å². The van der Waals surface area contributed by atoms with Gasteiger partial charge in [-0.15, -0.1) is 0 Å². The van der Waals surface area contributed by atoms with Gasteiger partial charge in [0.2, 0.25) is 0 Å². The second-order valence-corrected chi connectivity index (χ2v) is 5.00. The normalized spacial score (nSPS) is 17.4. The standard InChI is InChI=1S/C18H16O2/c1-12-17(13-7-9-15(20-2)10-8-13)11-14-5-3-4-6-16(14)18(12)19/h3-12H,1-2H3. The number of hydrogen-bond acceptors (Lipinski definition) is 2. The quantitative estimate of drug-likeness (QED) is 0.817. The van der Waals surface area contributed by atoms with Gasteiger partial charge in [-0.2, -0.15) is 0 Å². The Labute approximate surface area is 118 Å². The van der Waals surface area contributed by atoms with Crippen molar-refractivity contribution in [2.24, 2.45) is 5.92 Å². The van der Waals surface area contributed by atoms with E-state index in [-0.39, 0.29) is 11.7 Å². The molecule has 0 aliphatic heterocycles. The molecule has 2 nitrogen and oxygen atoms in total. The minimum Gasteiger partial charge on any atom is -0.497 e. The lowest BCUT2D eigenvalue weighted by molar-refractivity contribution is 0.0956. The van der Waals surface area contributed by atoms with Crippen LogP contribution in [-0.4, -0.2) is 12.9 Å². The minimum absolute atomic E-state index is 0.113. The number of allylic oxidation sites excluding steroid dienone is 1. The molecule has 2 aromatic carbocycles. The zero-order chi connectivity index (χ0) is 14.1. The number of Topliss-reactive ketones (excluding diaryl/α,β-unsaturated/α-hetero) is 1. The summed E-state index contributed by atoms with van der Waals surface area (Å²) in [6.07, 6.45) is 2.11.